The zero-order chi connectivity index (χ0) is 32.5. The Balaban J connectivity index is 1.59. The van der Waals surface area contributed by atoms with Gasteiger partial charge >= 0.3 is 0 Å². The molecular formula is C32H40FN5O5SSi. The molecule has 0 radical (unpaired) electrons. The van der Waals surface area contributed by atoms with Crippen LogP contribution in [0.25, 0.3) is 28.1 Å². The van der Waals surface area contributed by atoms with Crippen LogP contribution in [0.4, 0.5) is 10.1 Å². The van der Waals surface area contributed by atoms with Gasteiger partial charge in [0.2, 0.25) is 18.3 Å². The first-order chi connectivity index (χ1) is 21.2. The Morgan fingerprint density at radius 3 is 2.42 bits per heavy atom. The number of H-pyrrole nitrogens is 1. The van der Waals surface area contributed by atoms with Crippen LogP contribution in [0.1, 0.15) is 18.2 Å². The third kappa shape index (κ3) is 7.91. The number of sulfonamides is 1. The maximum absolute atomic E-state index is 15.3. The highest BCUT2D eigenvalue weighted by atomic mass is 32.2. The van der Waals surface area contributed by atoms with Crippen molar-refractivity contribution >= 4 is 41.0 Å². The van der Waals surface area contributed by atoms with Gasteiger partial charge in [-0.25, -0.2) is 12.8 Å². The minimum Gasteiger partial charge on any atom is -0.454 e. The Morgan fingerprint density at radius 2 is 1.76 bits per heavy atom. The van der Waals surface area contributed by atoms with Crippen molar-refractivity contribution in [1.82, 2.24) is 19.4 Å². The predicted molar refractivity (Wildman–Crippen MR) is 180 cm³/mol. The number of aryl methyl sites for hydroxylation is 1. The summed E-state index contributed by atoms with van der Waals surface area (Å²) in [5.74, 6) is -0.456. The van der Waals surface area contributed by atoms with Gasteiger partial charge in [-0.05, 0) is 69.0 Å². The topological polar surface area (TPSA) is 120 Å². The van der Waals surface area contributed by atoms with Gasteiger partial charge in [-0.3, -0.25) is 14.4 Å². The second kappa shape index (κ2) is 12.9. The molecule has 10 nitrogen and oxygen atoms in total. The third-order valence-electron chi connectivity index (χ3n) is 7.79. The average Bonchev–Trinajstić information content (AvgIpc) is 3.40. The van der Waals surface area contributed by atoms with Crippen LogP contribution in [0.2, 0.25) is 13.1 Å². The van der Waals surface area contributed by atoms with Crippen LogP contribution in [0, 0.1) is 5.82 Å². The molecular weight excluding hydrogens is 614 g/mol. The van der Waals surface area contributed by atoms with Crippen LogP contribution in [-0.2, 0) is 23.6 Å². The Labute approximate surface area is 263 Å². The molecule has 2 aromatic carbocycles. The molecule has 1 fully saturated rings. The number of anilines is 1. The van der Waals surface area contributed by atoms with Crippen LogP contribution in [-0.4, -0.2) is 79.9 Å². The Morgan fingerprint density at radius 1 is 1.04 bits per heavy atom. The fourth-order valence-corrected chi connectivity index (χ4v) is 6.43. The van der Waals surface area contributed by atoms with Crippen molar-refractivity contribution in [3.05, 3.63) is 81.8 Å². The number of hydrogen-bond acceptors (Lipinski definition) is 7. The molecule has 45 heavy (non-hydrogen) atoms. The number of pyridine rings is 1. The van der Waals surface area contributed by atoms with Gasteiger partial charge in [0.1, 0.15) is 11.3 Å². The Hall–Kier alpha value is -3.75. The van der Waals surface area contributed by atoms with Crippen LogP contribution in [0.3, 0.4) is 0 Å². The number of piperazine rings is 1. The smallest absolute Gasteiger partial charge is 0.274 e. The molecule has 4 aromatic rings. The van der Waals surface area contributed by atoms with Crippen LogP contribution < -0.4 is 15.0 Å². The molecule has 0 saturated carbocycles. The number of halogens is 1. The van der Waals surface area contributed by atoms with E-state index in [0.29, 0.717) is 39.8 Å². The molecule has 13 heteroatoms. The van der Waals surface area contributed by atoms with Crippen molar-refractivity contribution in [3.63, 3.8) is 0 Å². The minimum atomic E-state index is -3.59. The van der Waals surface area contributed by atoms with Gasteiger partial charge in [0.05, 0.1) is 5.75 Å². The number of ether oxygens (including phenoxy) is 1. The van der Waals surface area contributed by atoms with Gasteiger partial charge in [-0.15, -0.1) is 0 Å². The van der Waals surface area contributed by atoms with E-state index < -0.39 is 24.2 Å². The van der Waals surface area contributed by atoms with Gasteiger partial charge in [0, 0.05) is 73.9 Å². The lowest BCUT2D eigenvalue weighted by Crippen LogP contribution is -2.43. The SMILES string of the molecule is CCS(=O)(=O)Nc1ccc(Oc2ccc(C=C[Si](C)(C)O)cc2F)c(-c2cn(C)c(=O)c3[nH]c(CN4CCN(C)CC4)cc23)c1. The molecule has 3 N–H and O–H groups in total. The molecule has 1 aliphatic rings. The van der Waals surface area contributed by atoms with E-state index in [-0.39, 0.29) is 22.8 Å². The lowest BCUT2D eigenvalue weighted by Gasteiger charge is -2.31. The molecule has 1 saturated heterocycles. The van der Waals surface area contributed by atoms with E-state index in [4.69, 9.17) is 4.74 Å². The minimum absolute atomic E-state index is 0.0262. The van der Waals surface area contributed by atoms with Gasteiger partial charge in [-0.2, -0.15) is 0 Å². The Bertz CT molecular complexity index is 1910. The zero-order valence-electron chi connectivity index (χ0n) is 26.2. The normalized spacial score (nSPS) is 15.3. The maximum atomic E-state index is 15.3. The summed E-state index contributed by atoms with van der Waals surface area (Å²) in [7, 11) is -2.30. The zero-order valence-corrected chi connectivity index (χ0v) is 28.0. The van der Waals surface area contributed by atoms with Gasteiger partial charge in [-0.1, -0.05) is 17.8 Å². The fourth-order valence-electron chi connectivity index (χ4n) is 5.20. The Kier molecular flexibility index (Phi) is 9.38. The first-order valence-electron chi connectivity index (χ1n) is 14.9. The standard InChI is InChI=1S/C32H40FN5O5SSi/c1-6-44(40,41)35-23-8-10-29(43-30-9-7-22(17-28(30)33)11-16-45(4,5)42)25(18-23)27-21-37(3)32(39)31-26(27)19-24(34-31)20-38-14-12-36(2)13-15-38/h7-11,16-19,21,34-35,42H,6,12-15,20H2,1-5H3. The highest BCUT2D eigenvalue weighted by molar-refractivity contribution is 7.92. The summed E-state index contributed by atoms with van der Waals surface area (Å²) in [4.78, 5) is 31.3. The number of aromatic amines is 1. The molecule has 5 rings (SSSR count). The number of rotatable bonds is 10. The van der Waals surface area contributed by atoms with Gasteiger partial charge in [0.15, 0.2) is 11.6 Å². The number of likely N-dealkylation sites (N-methyl/N-ethyl adjacent to an activating group) is 1. The van der Waals surface area contributed by atoms with Crippen molar-refractivity contribution < 1.29 is 22.3 Å². The van der Waals surface area contributed by atoms with E-state index >= 15 is 4.39 Å². The van der Waals surface area contributed by atoms with Crippen LogP contribution >= 0.6 is 0 Å². The largest absolute Gasteiger partial charge is 0.454 e. The van der Waals surface area contributed by atoms with Crippen LogP contribution in [0.5, 0.6) is 11.5 Å². The summed E-state index contributed by atoms with van der Waals surface area (Å²) in [6.07, 6.45) is 3.37. The second-order valence-corrected chi connectivity index (χ2v) is 17.8. The first kappa shape index (κ1) is 32.6. The van der Waals surface area contributed by atoms with E-state index in [1.165, 1.54) is 16.7 Å². The molecule has 0 atom stereocenters. The van der Waals surface area contributed by atoms with E-state index in [1.807, 2.05) is 6.07 Å². The quantitative estimate of drug-likeness (QED) is 0.212. The van der Waals surface area contributed by atoms with Gasteiger partial charge < -0.3 is 24.0 Å². The molecule has 240 valence electrons. The molecule has 1 aliphatic heterocycles. The van der Waals surface area contributed by atoms with E-state index in [1.54, 1.807) is 69.3 Å². The number of nitrogens with one attached hydrogen (secondary N) is 2. The number of hydrogen-bond donors (Lipinski definition) is 3. The van der Waals surface area contributed by atoms with E-state index in [9.17, 15) is 18.0 Å². The molecule has 0 unspecified atom stereocenters. The third-order valence-corrected chi connectivity index (χ3v) is 10.1. The predicted octanol–water partition coefficient (Wildman–Crippen LogP) is 4.72. The van der Waals surface area contributed by atoms with Crippen molar-refractivity contribution in [2.45, 2.75) is 26.6 Å². The van der Waals surface area contributed by atoms with Gasteiger partial charge in [0.25, 0.3) is 5.56 Å². The maximum Gasteiger partial charge on any atom is 0.274 e. The molecule has 3 heterocycles. The van der Waals surface area contributed by atoms with Crippen LogP contribution in [0.15, 0.2) is 59.2 Å². The lowest BCUT2D eigenvalue weighted by atomic mass is 10.0. The second-order valence-electron chi connectivity index (χ2n) is 12.1. The highest BCUT2D eigenvalue weighted by Gasteiger charge is 2.21. The first-order valence-corrected chi connectivity index (χ1v) is 19.5. The average molecular weight is 654 g/mol. The fraction of sp³-hybridized carbons (Fsp3) is 0.344. The molecule has 0 spiro atoms. The highest BCUT2D eigenvalue weighted by Crippen LogP contribution is 2.39. The molecule has 0 amide bonds. The summed E-state index contributed by atoms with van der Waals surface area (Å²) in [5, 5.41) is 0.652. The molecule has 0 aliphatic carbocycles. The van der Waals surface area contributed by atoms with Crippen molar-refractivity contribution in [3.8, 4) is 22.6 Å². The lowest BCUT2D eigenvalue weighted by molar-refractivity contribution is 0.147. The van der Waals surface area contributed by atoms with E-state index in [2.05, 4.69) is 26.6 Å². The van der Waals surface area contributed by atoms with Crippen molar-refractivity contribution in [1.29, 1.82) is 0 Å². The number of nitrogens with zero attached hydrogens (tertiary/aromatic N) is 3. The number of fused-ring (bicyclic) bond motifs is 1. The van der Waals surface area contributed by atoms with Crippen molar-refractivity contribution in [2.24, 2.45) is 7.05 Å². The number of benzene rings is 2. The summed E-state index contributed by atoms with van der Waals surface area (Å²) in [5.41, 5.74) is 4.80. The summed E-state index contributed by atoms with van der Waals surface area (Å²) < 4.78 is 50.4. The van der Waals surface area contributed by atoms with Crippen molar-refractivity contribution in [2.75, 3.05) is 43.7 Å². The summed E-state index contributed by atoms with van der Waals surface area (Å²) in [6.45, 7) is 9.46. The monoisotopic (exact) mass is 653 g/mol. The summed E-state index contributed by atoms with van der Waals surface area (Å²) in [6, 6.07) is 11.3. The molecule has 2 aromatic heterocycles. The molecule has 0 bridgehead atoms. The van der Waals surface area contributed by atoms with E-state index in [0.717, 1.165) is 31.9 Å². The summed E-state index contributed by atoms with van der Waals surface area (Å²) >= 11 is 0. The number of aromatic nitrogens is 2.